The zero-order valence-electron chi connectivity index (χ0n) is 18.8. The van der Waals surface area contributed by atoms with E-state index in [0.29, 0.717) is 11.7 Å². The zero-order valence-corrected chi connectivity index (χ0v) is 20.5. The Morgan fingerprint density at radius 3 is 2.31 bits per heavy atom. The fourth-order valence-electron chi connectivity index (χ4n) is 3.44. The topological polar surface area (TPSA) is 79.6 Å². The molecule has 0 aliphatic rings. The van der Waals surface area contributed by atoms with Gasteiger partial charge in [0, 0.05) is 25.2 Å². The first-order chi connectivity index (χ1) is 14.8. The maximum Gasteiger partial charge on any atom is 0.269 e. The van der Waals surface area contributed by atoms with E-state index in [1.165, 1.54) is 29.0 Å². The molecule has 0 atom stereocenters. The number of carbonyl (C=O) groups excluding carboxylic acids is 1. The van der Waals surface area contributed by atoms with E-state index < -0.39 is 4.92 Å². The molecule has 2 aromatic carbocycles. The Morgan fingerprint density at radius 2 is 1.72 bits per heavy atom. The monoisotopic (exact) mass is 476 g/mol. The molecule has 0 fully saturated rings. The van der Waals surface area contributed by atoms with Gasteiger partial charge >= 0.3 is 0 Å². The molecule has 0 bridgehead atoms. The minimum atomic E-state index is -0.437. The number of non-ortho nitro benzene ring substituents is 1. The van der Waals surface area contributed by atoms with Crippen LogP contribution in [-0.4, -0.2) is 46.9 Å². The first kappa shape index (κ1) is 25.7. The van der Waals surface area contributed by atoms with Gasteiger partial charge < -0.3 is 4.90 Å². The largest absolute Gasteiger partial charge is 0.302 e. The van der Waals surface area contributed by atoms with Crippen molar-refractivity contribution in [1.82, 2.24) is 9.88 Å². The predicted octanol–water partition coefficient (Wildman–Crippen LogP) is 5.16. The molecule has 0 unspecified atom stereocenters. The van der Waals surface area contributed by atoms with Gasteiger partial charge in [-0.15, -0.1) is 12.4 Å². The number of thiazole rings is 1. The summed E-state index contributed by atoms with van der Waals surface area (Å²) in [5, 5.41) is 11.6. The van der Waals surface area contributed by atoms with Crippen LogP contribution in [0.5, 0.6) is 0 Å². The maximum atomic E-state index is 13.3. The van der Waals surface area contributed by atoms with Gasteiger partial charge in [0.05, 0.1) is 21.6 Å². The van der Waals surface area contributed by atoms with Crippen molar-refractivity contribution in [2.45, 2.75) is 34.1 Å². The number of nitro benzene ring substituents is 1. The number of aryl methyl sites for hydroxylation is 2. The van der Waals surface area contributed by atoms with Crippen LogP contribution in [0.2, 0.25) is 0 Å². The van der Waals surface area contributed by atoms with Crippen LogP contribution in [0.15, 0.2) is 36.4 Å². The highest BCUT2D eigenvalue weighted by Gasteiger charge is 2.22. The SMILES string of the molecule is CCN(CC)CCN(C(=O)Cc1ccc([N+](=O)[O-])cc1)c1nc2c(C)c(C)ccc2s1.Cl. The van der Waals surface area contributed by atoms with Crippen LogP contribution in [0.25, 0.3) is 10.2 Å². The van der Waals surface area contributed by atoms with Crippen LogP contribution in [0, 0.1) is 24.0 Å². The molecule has 3 aromatic rings. The summed E-state index contributed by atoms with van der Waals surface area (Å²) in [5.41, 5.74) is 4.02. The van der Waals surface area contributed by atoms with Crippen LogP contribution in [0.1, 0.15) is 30.5 Å². The van der Waals surface area contributed by atoms with Crippen molar-refractivity contribution in [2.75, 3.05) is 31.1 Å². The number of amides is 1. The summed E-state index contributed by atoms with van der Waals surface area (Å²) in [7, 11) is 0. The van der Waals surface area contributed by atoms with Gasteiger partial charge in [-0.2, -0.15) is 0 Å². The molecule has 1 amide bonds. The minimum Gasteiger partial charge on any atom is -0.302 e. The van der Waals surface area contributed by atoms with E-state index in [0.717, 1.165) is 41.0 Å². The summed E-state index contributed by atoms with van der Waals surface area (Å²) < 4.78 is 1.06. The Morgan fingerprint density at radius 1 is 1.06 bits per heavy atom. The average Bonchev–Trinajstić information content (AvgIpc) is 3.19. The number of hydrogen-bond donors (Lipinski definition) is 0. The van der Waals surface area contributed by atoms with E-state index >= 15 is 0 Å². The number of nitro groups is 1. The van der Waals surface area contributed by atoms with E-state index in [1.807, 2.05) is 0 Å². The lowest BCUT2D eigenvalue weighted by Gasteiger charge is -2.24. The van der Waals surface area contributed by atoms with Gasteiger partial charge in [0.2, 0.25) is 5.91 Å². The summed E-state index contributed by atoms with van der Waals surface area (Å²) in [5.74, 6) is -0.0607. The lowest BCUT2D eigenvalue weighted by Crippen LogP contribution is -2.39. The number of halogens is 1. The van der Waals surface area contributed by atoms with Crippen molar-refractivity contribution in [3.05, 3.63) is 63.2 Å². The normalized spacial score (nSPS) is 10.9. The van der Waals surface area contributed by atoms with Gasteiger partial charge in [-0.1, -0.05) is 43.4 Å². The number of aromatic nitrogens is 1. The number of fused-ring (bicyclic) bond motifs is 1. The number of benzene rings is 2. The number of hydrogen-bond acceptors (Lipinski definition) is 6. The Kier molecular flexibility index (Phi) is 9.12. The van der Waals surface area contributed by atoms with Crippen molar-refractivity contribution in [2.24, 2.45) is 0 Å². The highest BCUT2D eigenvalue weighted by molar-refractivity contribution is 7.22. The second-order valence-electron chi connectivity index (χ2n) is 7.52. The van der Waals surface area contributed by atoms with Gasteiger partial charge in [0.15, 0.2) is 5.13 Å². The molecule has 0 aliphatic heterocycles. The van der Waals surface area contributed by atoms with Gasteiger partial charge in [-0.3, -0.25) is 19.8 Å². The Bertz CT molecular complexity index is 1080. The first-order valence-electron chi connectivity index (χ1n) is 10.5. The first-order valence-corrected chi connectivity index (χ1v) is 11.3. The molecule has 7 nitrogen and oxygen atoms in total. The average molecular weight is 477 g/mol. The summed E-state index contributed by atoms with van der Waals surface area (Å²) in [6.45, 7) is 11.5. The van der Waals surface area contributed by atoms with Gasteiger partial charge in [0.25, 0.3) is 5.69 Å². The van der Waals surface area contributed by atoms with Crippen molar-refractivity contribution >= 4 is 50.7 Å². The number of anilines is 1. The third-order valence-electron chi connectivity index (χ3n) is 5.64. The molecule has 1 aromatic heterocycles. The molecular formula is C23H29ClN4O3S. The lowest BCUT2D eigenvalue weighted by atomic mass is 10.1. The molecule has 0 N–H and O–H groups in total. The molecule has 0 spiro atoms. The third kappa shape index (κ3) is 5.82. The van der Waals surface area contributed by atoms with Gasteiger partial charge in [-0.05, 0) is 49.7 Å². The molecule has 0 aliphatic carbocycles. The van der Waals surface area contributed by atoms with Crippen molar-refractivity contribution in [3.63, 3.8) is 0 Å². The number of likely N-dealkylation sites (N-methyl/N-ethyl adjacent to an activating group) is 1. The molecule has 172 valence electrons. The lowest BCUT2D eigenvalue weighted by molar-refractivity contribution is -0.384. The van der Waals surface area contributed by atoms with Crippen molar-refractivity contribution in [1.29, 1.82) is 0 Å². The third-order valence-corrected chi connectivity index (χ3v) is 6.69. The fraction of sp³-hybridized carbons (Fsp3) is 0.391. The van der Waals surface area contributed by atoms with Crippen LogP contribution in [0.3, 0.4) is 0 Å². The summed E-state index contributed by atoms with van der Waals surface area (Å²) in [4.78, 5) is 32.6. The number of carbonyl (C=O) groups is 1. The van der Waals surface area contributed by atoms with E-state index in [4.69, 9.17) is 4.98 Å². The minimum absolute atomic E-state index is 0. The second-order valence-corrected chi connectivity index (χ2v) is 8.53. The Hall–Kier alpha value is -2.55. The Labute approximate surface area is 198 Å². The van der Waals surface area contributed by atoms with Crippen LogP contribution < -0.4 is 4.90 Å². The highest BCUT2D eigenvalue weighted by atomic mass is 35.5. The fourth-order valence-corrected chi connectivity index (χ4v) is 4.51. The van der Waals surface area contributed by atoms with Gasteiger partial charge in [0.1, 0.15) is 0 Å². The Balaban J connectivity index is 0.00000363. The van der Waals surface area contributed by atoms with Crippen LogP contribution in [-0.2, 0) is 11.2 Å². The van der Waals surface area contributed by atoms with E-state index in [2.05, 4.69) is 44.7 Å². The predicted molar refractivity (Wildman–Crippen MR) is 133 cm³/mol. The molecule has 1 heterocycles. The van der Waals surface area contributed by atoms with Crippen LogP contribution >= 0.6 is 23.7 Å². The summed E-state index contributed by atoms with van der Waals surface area (Å²) >= 11 is 1.53. The molecule has 3 rings (SSSR count). The highest BCUT2D eigenvalue weighted by Crippen LogP contribution is 2.32. The van der Waals surface area contributed by atoms with E-state index in [9.17, 15) is 14.9 Å². The number of nitrogens with zero attached hydrogens (tertiary/aromatic N) is 4. The van der Waals surface area contributed by atoms with Crippen LogP contribution in [0.4, 0.5) is 10.8 Å². The molecule has 32 heavy (non-hydrogen) atoms. The molecular weight excluding hydrogens is 448 g/mol. The summed E-state index contributed by atoms with van der Waals surface area (Å²) in [6.07, 6.45) is 0.171. The smallest absolute Gasteiger partial charge is 0.269 e. The van der Waals surface area contributed by atoms with Crippen molar-refractivity contribution in [3.8, 4) is 0 Å². The molecule has 0 radical (unpaired) electrons. The molecule has 0 saturated carbocycles. The molecule has 0 saturated heterocycles. The van der Waals surface area contributed by atoms with Gasteiger partial charge in [-0.25, -0.2) is 4.98 Å². The second kappa shape index (κ2) is 11.4. The molecule has 9 heteroatoms. The maximum absolute atomic E-state index is 13.3. The van der Waals surface area contributed by atoms with Crippen molar-refractivity contribution < 1.29 is 9.72 Å². The van der Waals surface area contributed by atoms with E-state index in [1.54, 1.807) is 17.0 Å². The van der Waals surface area contributed by atoms with E-state index in [-0.39, 0.29) is 30.4 Å². The summed E-state index contributed by atoms with van der Waals surface area (Å²) in [6, 6.07) is 10.3. The standard InChI is InChI=1S/C23H28N4O3S.ClH/c1-5-25(6-2)13-14-26(21(28)15-18-8-10-19(11-9-18)27(29)30)23-24-22-17(4)16(3)7-12-20(22)31-23;/h7-12H,5-6,13-15H2,1-4H3;1H. The zero-order chi connectivity index (χ0) is 22.5. The number of rotatable bonds is 9. The quantitative estimate of drug-likeness (QED) is 0.315.